The second-order valence-electron chi connectivity index (χ2n) is 4.15. The monoisotopic (exact) mass is 264 g/mol. The Hall–Kier alpha value is -1.48. The van der Waals surface area contributed by atoms with E-state index in [0.29, 0.717) is 17.4 Å². The van der Waals surface area contributed by atoms with Crippen LogP contribution in [0.2, 0.25) is 5.15 Å². The lowest BCUT2D eigenvalue weighted by Crippen LogP contribution is -2.01. The summed E-state index contributed by atoms with van der Waals surface area (Å²) in [6.45, 7) is 2.09. The molecule has 1 heterocycles. The zero-order valence-corrected chi connectivity index (χ0v) is 10.9. The first kappa shape index (κ1) is 13.0. The highest BCUT2D eigenvalue weighted by molar-refractivity contribution is 6.29. The Morgan fingerprint density at radius 2 is 2.06 bits per heavy atom. The summed E-state index contributed by atoms with van der Waals surface area (Å²) in [5.74, 6) is 0.389. The number of nitrogens with zero attached hydrogens (tertiary/aromatic N) is 2. The van der Waals surface area contributed by atoms with Crippen molar-refractivity contribution in [3.05, 3.63) is 58.4 Å². The number of benzene rings is 1. The van der Waals surface area contributed by atoms with Gasteiger partial charge in [0, 0.05) is 12.1 Å². The number of hydrogen-bond acceptors (Lipinski definition) is 2. The van der Waals surface area contributed by atoms with Gasteiger partial charge in [-0.2, -0.15) is 0 Å². The minimum atomic E-state index is -0.247. The molecule has 0 unspecified atom stereocenters. The molecule has 0 N–H and O–H groups in total. The molecule has 0 saturated heterocycles. The highest BCUT2D eigenvalue weighted by Gasteiger charge is 2.05. The van der Waals surface area contributed by atoms with Gasteiger partial charge in [0.2, 0.25) is 0 Å². The first-order valence-corrected chi connectivity index (χ1v) is 6.32. The van der Waals surface area contributed by atoms with E-state index in [1.54, 1.807) is 12.1 Å². The molecule has 0 atom stereocenters. The van der Waals surface area contributed by atoms with Crippen LogP contribution >= 0.6 is 11.6 Å². The standard InChI is InChI=1S/C14H14ClFN2/c1-2-4-12-9-13(15)18-14(17-12)8-10-5-3-6-11(16)7-10/h3,5-7,9H,2,4,8H2,1H3. The van der Waals surface area contributed by atoms with Crippen LogP contribution in [0.5, 0.6) is 0 Å². The van der Waals surface area contributed by atoms with Gasteiger partial charge < -0.3 is 0 Å². The average molecular weight is 265 g/mol. The van der Waals surface area contributed by atoms with Crippen molar-refractivity contribution in [3.63, 3.8) is 0 Å². The summed E-state index contributed by atoms with van der Waals surface area (Å²) in [7, 11) is 0. The fourth-order valence-electron chi connectivity index (χ4n) is 1.81. The van der Waals surface area contributed by atoms with E-state index in [-0.39, 0.29) is 5.82 Å². The first-order chi connectivity index (χ1) is 8.67. The largest absolute Gasteiger partial charge is 0.237 e. The van der Waals surface area contributed by atoms with E-state index in [9.17, 15) is 4.39 Å². The predicted molar refractivity (Wildman–Crippen MR) is 70.2 cm³/mol. The number of aryl methyl sites for hydroxylation is 1. The van der Waals surface area contributed by atoms with Crippen LogP contribution in [-0.2, 0) is 12.8 Å². The van der Waals surface area contributed by atoms with Gasteiger partial charge in [0.15, 0.2) is 0 Å². The van der Waals surface area contributed by atoms with Crippen molar-refractivity contribution >= 4 is 11.6 Å². The van der Waals surface area contributed by atoms with Crippen molar-refractivity contribution in [2.75, 3.05) is 0 Å². The van der Waals surface area contributed by atoms with Crippen molar-refractivity contribution in [1.29, 1.82) is 0 Å². The number of hydrogen-bond donors (Lipinski definition) is 0. The minimum absolute atomic E-state index is 0.247. The van der Waals surface area contributed by atoms with Gasteiger partial charge in [0.1, 0.15) is 16.8 Å². The Morgan fingerprint density at radius 1 is 1.22 bits per heavy atom. The van der Waals surface area contributed by atoms with Gasteiger partial charge >= 0.3 is 0 Å². The summed E-state index contributed by atoms with van der Waals surface area (Å²) in [5.41, 5.74) is 1.78. The van der Waals surface area contributed by atoms with Gasteiger partial charge in [-0.15, -0.1) is 0 Å². The molecule has 0 fully saturated rings. The molecule has 0 aliphatic rings. The molecule has 2 nitrogen and oxygen atoms in total. The molecule has 4 heteroatoms. The van der Waals surface area contributed by atoms with E-state index in [1.165, 1.54) is 12.1 Å². The first-order valence-electron chi connectivity index (χ1n) is 5.94. The molecule has 1 aromatic carbocycles. The number of halogens is 2. The van der Waals surface area contributed by atoms with Gasteiger partial charge in [-0.3, -0.25) is 0 Å². The van der Waals surface area contributed by atoms with E-state index >= 15 is 0 Å². The molecule has 0 amide bonds. The normalized spacial score (nSPS) is 10.6. The van der Waals surface area contributed by atoms with Crippen molar-refractivity contribution in [1.82, 2.24) is 9.97 Å². The lowest BCUT2D eigenvalue weighted by Gasteiger charge is -2.04. The van der Waals surface area contributed by atoms with Crippen molar-refractivity contribution < 1.29 is 4.39 Å². The highest BCUT2D eigenvalue weighted by Crippen LogP contribution is 2.13. The SMILES string of the molecule is CCCc1cc(Cl)nc(Cc2cccc(F)c2)n1. The number of aromatic nitrogens is 2. The molecule has 2 rings (SSSR count). The van der Waals surface area contributed by atoms with Crippen LogP contribution in [0.3, 0.4) is 0 Å². The summed E-state index contributed by atoms with van der Waals surface area (Å²) in [6, 6.07) is 8.23. The maximum absolute atomic E-state index is 13.1. The molecule has 0 aliphatic carbocycles. The van der Waals surface area contributed by atoms with Gasteiger partial charge in [0.25, 0.3) is 0 Å². The van der Waals surface area contributed by atoms with E-state index in [1.807, 2.05) is 6.07 Å². The van der Waals surface area contributed by atoms with E-state index in [4.69, 9.17) is 11.6 Å². The van der Waals surface area contributed by atoms with Crippen molar-refractivity contribution in [2.24, 2.45) is 0 Å². The molecule has 1 aromatic heterocycles. The summed E-state index contributed by atoms with van der Waals surface area (Å²) in [4.78, 5) is 8.60. The Kier molecular flexibility index (Phi) is 4.26. The molecular formula is C14H14ClFN2. The Balaban J connectivity index is 2.23. The number of rotatable bonds is 4. The van der Waals surface area contributed by atoms with Crippen LogP contribution in [0.1, 0.15) is 30.4 Å². The smallest absolute Gasteiger partial charge is 0.134 e. The lowest BCUT2D eigenvalue weighted by atomic mass is 10.1. The topological polar surface area (TPSA) is 25.8 Å². The Bertz CT molecular complexity index is 543. The molecule has 0 aliphatic heterocycles. The molecule has 2 aromatic rings. The summed E-state index contributed by atoms with van der Waals surface area (Å²) < 4.78 is 13.1. The predicted octanol–water partition coefficient (Wildman–Crippen LogP) is 3.81. The zero-order valence-electron chi connectivity index (χ0n) is 10.2. The third-order valence-corrected chi connectivity index (χ3v) is 2.75. The van der Waals surface area contributed by atoms with Crippen LogP contribution in [0.15, 0.2) is 30.3 Å². The van der Waals surface area contributed by atoms with Gasteiger partial charge in [-0.05, 0) is 30.2 Å². The highest BCUT2D eigenvalue weighted by atomic mass is 35.5. The molecule has 18 heavy (non-hydrogen) atoms. The fraction of sp³-hybridized carbons (Fsp3) is 0.286. The summed E-state index contributed by atoms with van der Waals surface area (Å²) in [6.07, 6.45) is 2.38. The van der Waals surface area contributed by atoms with E-state index in [0.717, 1.165) is 24.1 Å². The molecule has 0 saturated carbocycles. The van der Waals surface area contributed by atoms with Gasteiger partial charge in [-0.25, -0.2) is 14.4 Å². The summed E-state index contributed by atoms with van der Waals surface area (Å²) >= 11 is 5.96. The quantitative estimate of drug-likeness (QED) is 0.785. The molecular weight excluding hydrogens is 251 g/mol. The average Bonchev–Trinajstić information content (AvgIpc) is 2.28. The second kappa shape index (κ2) is 5.91. The van der Waals surface area contributed by atoms with Crippen LogP contribution in [0.25, 0.3) is 0 Å². The maximum atomic E-state index is 13.1. The van der Waals surface area contributed by atoms with Crippen LogP contribution in [-0.4, -0.2) is 9.97 Å². The maximum Gasteiger partial charge on any atom is 0.134 e. The Labute approximate surface area is 111 Å². The van der Waals surface area contributed by atoms with Crippen LogP contribution < -0.4 is 0 Å². The van der Waals surface area contributed by atoms with E-state index < -0.39 is 0 Å². The molecule has 94 valence electrons. The Morgan fingerprint density at radius 3 is 2.78 bits per heavy atom. The molecule has 0 radical (unpaired) electrons. The van der Waals surface area contributed by atoms with Gasteiger partial charge in [0.05, 0.1) is 0 Å². The van der Waals surface area contributed by atoms with E-state index in [2.05, 4.69) is 16.9 Å². The van der Waals surface area contributed by atoms with Crippen LogP contribution in [0.4, 0.5) is 4.39 Å². The minimum Gasteiger partial charge on any atom is -0.237 e. The zero-order chi connectivity index (χ0) is 13.0. The van der Waals surface area contributed by atoms with Crippen molar-refractivity contribution in [2.45, 2.75) is 26.2 Å². The molecule has 0 bridgehead atoms. The second-order valence-corrected chi connectivity index (χ2v) is 4.54. The third-order valence-electron chi connectivity index (χ3n) is 2.55. The third kappa shape index (κ3) is 3.50. The molecule has 0 spiro atoms. The lowest BCUT2D eigenvalue weighted by molar-refractivity contribution is 0.625. The van der Waals surface area contributed by atoms with Gasteiger partial charge in [-0.1, -0.05) is 37.1 Å². The fourth-order valence-corrected chi connectivity index (χ4v) is 2.03. The summed E-state index contributed by atoms with van der Waals surface area (Å²) in [5, 5.41) is 0.444. The van der Waals surface area contributed by atoms with Crippen LogP contribution in [0, 0.1) is 5.82 Å². The van der Waals surface area contributed by atoms with Crippen molar-refractivity contribution in [3.8, 4) is 0 Å².